The van der Waals surface area contributed by atoms with Crippen molar-refractivity contribution in [2.75, 3.05) is 18.4 Å². The second-order valence-electron chi connectivity index (χ2n) is 6.51. The largest absolute Gasteiger partial charge is 0.508 e. The fraction of sp³-hybridized carbons (Fsp3) is 0.389. The molecule has 0 aromatic heterocycles. The number of phenolic OH excluding ortho intramolecular Hbond substituents is 1. The predicted octanol–water partition coefficient (Wildman–Crippen LogP) is 2.16. The molecule has 8 nitrogen and oxygen atoms in total. The van der Waals surface area contributed by atoms with Crippen LogP contribution in [0.4, 0.5) is 10.5 Å². The third kappa shape index (κ3) is 7.57. The lowest BCUT2D eigenvalue weighted by molar-refractivity contribution is -0.112. The topological polar surface area (TPSA) is 123 Å². The van der Waals surface area contributed by atoms with Crippen molar-refractivity contribution in [3.8, 4) is 11.8 Å². The summed E-state index contributed by atoms with van der Waals surface area (Å²) in [5.41, 5.74) is 0.482. The van der Waals surface area contributed by atoms with Crippen LogP contribution in [0.1, 0.15) is 26.3 Å². The summed E-state index contributed by atoms with van der Waals surface area (Å²) in [6, 6.07) is 6.31. The van der Waals surface area contributed by atoms with Crippen molar-refractivity contribution in [2.45, 2.75) is 33.3 Å². The average molecular weight is 360 g/mol. The van der Waals surface area contributed by atoms with Crippen molar-refractivity contribution >= 4 is 17.7 Å². The molecule has 0 spiro atoms. The van der Waals surface area contributed by atoms with E-state index < -0.39 is 17.6 Å². The van der Waals surface area contributed by atoms with Crippen molar-refractivity contribution < 1.29 is 19.4 Å². The zero-order valence-electron chi connectivity index (χ0n) is 15.3. The molecule has 0 heterocycles. The highest BCUT2D eigenvalue weighted by Crippen LogP contribution is 2.20. The van der Waals surface area contributed by atoms with Crippen LogP contribution in [-0.2, 0) is 9.53 Å². The number of nitriles is 1. The SMILES string of the molecule is Cc1cc(O)ccc1NC(=O)/C(C#N)=C\NCCNC(=O)OC(C)(C)C. The van der Waals surface area contributed by atoms with E-state index in [1.165, 1.54) is 18.3 Å². The van der Waals surface area contributed by atoms with Crippen LogP contribution in [-0.4, -0.2) is 35.8 Å². The molecule has 0 fully saturated rings. The summed E-state index contributed by atoms with van der Waals surface area (Å²) in [4.78, 5) is 23.6. The van der Waals surface area contributed by atoms with Gasteiger partial charge in [0.1, 0.15) is 23.0 Å². The molecule has 0 aliphatic rings. The second kappa shape index (κ2) is 9.32. The lowest BCUT2D eigenvalue weighted by Gasteiger charge is -2.19. The zero-order valence-corrected chi connectivity index (χ0v) is 15.3. The molecule has 0 aliphatic carbocycles. The van der Waals surface area contributed by atoms with Gasteiger partial charge in [0.05, 0.1) is 0 Å². The van der Waals surface area contributed by atoms with Gasteiger partial charge in [0.2, 0.25) is 0 Å². The van der Waals surface area contributed by atoms with E-state index in [9.17, 15) is 14.7 Å². The number of phenols is 1. The summed E-state index contributed by atoms with van der Waals surface area (Å²) < 4.78 is 5.08. The molecule has 0 saturated heterocycles. The number of aryl methyl sites for hydroxylation is 1. The molecule has 4 N–H and O–H groups in total. The molecule has 0 saturated carbocycles. The van der Waals surface area contributed by atoms with Gasteiger partial charge >= 0.3 is 6.09 Å². The Morgan fingerprint density at radius 2 is 2.00 bits per heavy atom. The molecule has 26 heavy (non-hydrogen) atoms. The molecule has 0 radical (unpaired) electrons. The van der Waals surface area contributed by atoms with E-state index in [4.69, 9.17) is 10.00 Å². The van der Waals surface area contributed by atoms with Gasteiger partial charge in [0.15, 0.2) is 0 Å². The minimum absolute atomic E-state index is 0.0932. The van der Waals surface area contributed by atoms with Crippen LogP contribution in [0.3, 0.4) is 0 Å². The maximum Gasteiger partial charge on any atom is 0.407 e. The van der Waals surface area contributed by atoms with Crippen LogP contribution in [0, 0.1) is 18.3 Å². The number of alkyl carbamates (subject to hydrolysis) is 1. The third-order valence-electron chi connectivity index (χ3n) is 3.01. The smallest absolute Gasteiger partial charge is 0.407 e. The van der Waals surface area contributed by atoms with Gasteiger partial charge in [-0.3, -0.25) is 4.79 Å². The first-order valence-electron chi connectivity index (χ1n) is 8.04. The van der Waals surface area contributed by atoms with Gasteiger partial charge in [0.25, 0.3) is 5.91 Å². The Kier molecular flexibility index (Phi) is 7.47. The van der Waals surface area contributed by atoms with Gasteiger partial charge < -0.3 is 25.8 Å². The van der Waals surface area contributed by atoms with E-state index in [1.54, 1.807) is 33.8 Å². The van der Waals surface area contributed by atoms with Crippen molar-refractivity contribution in [2.24, 2.45) is 0 Å². The molecule has 1 aromatic rings. The normalized spacial score (nSPS) is 11.3. The number of carbonyl (C=O) groups excluding carboxylic acids is 2. The van der Waals surface area contributed by atoms with E-state index in [0.29, 0.717) is 17.8 Å². The Labute approximate surface area is 152 Å². The Bertz CT molecular complexity index is 730. The Morgan fingerprint density at radius 1 is 1.31 bits per heavy atom. The summed E-state index contributed by atoms with van der Waals surface area (Å²) in [6.07, 6.45) is 0.742. The summed E-state index contributed by atoms with van der Waals surface area (Å²) in [5.74, 6) is -0.482. The third-order valence-corrected chi connectivity index (χ3v) is 3.01. The van der Waals surface area contributed by atoms with Gasteiger partial charge in [-0.2, -0.15) is 5.26 Å². The molecule has 0 unspecified atom stereocenters. The molecule has 1 aromatic carbocycles. The summed E-state index contributed by atoms with van der Waals surface area (Å²) in [7, 11) is 0. The number of anilines is 1. The van der Waals surface area contributed by atoms with E-state index in [0.717, 1.165) is 0 Å². The molecular formula is C18H24N4O4. The van der Waals surface area contributed by atoms with Gasteiger partial charge in [0, 0.05) is 25.0 Å². The number of amides is 2. The minimum Gasteiger partial charge on any atom is -0.508 e. The van der Waals surface area contributed by atoms with E-state index in [1.807, 2.05) is 6.07 Å². The van der Waals surface area contributed by atoms with Crippen molar-refractivity contribution in [3.63, 3.8) is 0 Å². The van der Waals surface area contributed by atoms with Gasteiger partial charge in [-0.1, -0.05) is 0 Å². The van der Waals surface area contributed by atoms with Crippen molar-refractivity contribution in [1.29, 1.82) is 5.26 Å². The number of rotatable bonds is 6. The van der Waals surface area contributed by atoms with Crippen LogP contribution in [0.15, 0.2) is 30.0 Å². The Morgan fingerprint density at radius 3 is 2.58 bits per heavy atom. The zero-order chi connectivity index (χ0) is 19.7. The summed E-state index contributed by atoms with van der Waals surface area (Å²) >= 11 is 0. The maximum atomic E-state index is 12.1. The average Bonchev–Trinajstić information content (AvgIpc) is 2.51. The summed E-state index contributed by atoms with van der Waals surface area (Å²) in [6.45, 7) is 7.61. The first-order chi connectivity index (χ1) is 12.1. The fourth-order valence-corrected chi connectivity index (χ4v) is 1.85. The number of benzene rings is 1. The molecule has 2 amide bonds. The number of carbonyl (C=O) groups is 2. The number of nitrogens with one attached hydrogen (secondary N) is 3. The predicted molar refractivity (Wildman–Crippen MR) is 97.4 cm³/mol. The van der Waals surface area contributed by atoms with Gasteiger partial charge in [-0.15, -0.1) is 0 Å². The number of nitrogens with zero attached hydrogens (tertiary/aromatic N) is 1. The number of hydrogen-bond donors (Lipinski definition) is 4. The Hall–Kier alpha value is -3.21. The molecule has 1 rings (SSSR count). The first kappa shape index (κ1) is 20.8. The van der Waals surface area contributed by atoms with Gasteiger partial charge in [-0.05, 0) is 51.5 Å². The standard InChI is InChI=1S/C18H24N4O4/c1-12-9-14(23)5-6-15(12)22-16(24)13(10-19)11-20-7-8-21-17(25)26-18(2,3)4/h5-6,9,11,20,23H,7-8H2,1-4H3,(H,21,25)(H,22,24)/b13-11-. The molecular weight excluding hydrogens is 336 g/mol. The van der Waals surface area contributed by atoms with Crippen LogP contribution in [0.25, 0.3) is 0 Å². The maximum absolute atomic E-state index is 12.1. The van der Waals surface area contributed by atoms with Crippen LogP contribution < -0.4 is 16.0 Å². The molecule has 0 atom stereocenters. The van der Waals surface area contributed by atoms with E-state index >= 15 is 0 Å². The molecule has 0 aliphatic heterocycles. The highest BCUT2D eigenvalue weighted by molar-refractivity contribution is 6.06. The lowest BCUT2D eigenvalue weighted by atomic mass is 10.2. The van der Waals surface area contributed by atoms with Crippen LogP contribution >= 0.6 is 0 Å². The van der Waals surface area contributed by atoms with Crippen molar-refractivity contribution in [3.05, 3.63) is 35.5 Å². The van der Waals surface area contributed by atoms with Crippen molar-refractivity contribution in [1.82, 2.24) is 10.6 Å². The number of ether oxygens (including phenoxy) is 1. The number of aromatic hydroxyl groups is 1. The quantitative estimate of drug-likeness (QED) is 0.267. The van der Waals surface area contributed by atoms with Gasteiger partial charge in [-0.25, -0.2) is 4.79 Å². The fourth-order valence-electron chi connectivity index (χ4n) is 1.85. The van der Waals surface area contributed by atoms with Crippen LogP contribution in [0.5, 0.6) is 5.75 Å². The first-order valence-corrected chi connectivity index (χ1v) is 8.04. The number of hydrogen-bond acceptors (Lipinski definition) is 6. The highest BCUT2D eigenvalue weighted by atomic mass is 16.6. The second-order valence-corrected chi connectivity index (χ2v) is 6.51. The van der Waals surface area contributed by atoms with E-state index in [-0.39, 0.29) is 17.9 Å². The monoisotopic (exact) mass is 360 g/mol. The Balaban J connectivity index is 2.48. The highest BCUT2D eigenvalue weighted by Gasteiger charge is 2.15. The molecule has 8 heteroatoms. The van der Waals surface area contributed by atoms with Crippen LogP contribution in [0.2, 0.25) is 0 Å². The lowest BCUT2D eigenvalue weighted by Crippen LogP contribution is -2.35. The molecule has 140 valence electrons. The molecule has 0 bridgehead atoms. The van der Waals surface area contributed by atoms with E-state index in [2.05, 4.69) is 16.0 Å². The minimum atomic E-state index is -0.575. The summed E-state index contributed by atoms with van der Waals surface area (Å²) in [5, 5.41) is 26.4.